The molecule has 0 unspecified atom stereocenters. The summed E-state index contributed by atoms with van der Waals surface area (Å²) >= 11 is 6.14. The number of hydrogen-bond acceptors (Lipinski definition) is 3. The number of halogens is 1. The summed E-state index contributed by atoms with van der Waals surface area (Å²) in [7, 11) is -4.02. The van der Waals surface area contributed by atoms with E-state index >= 15 is 0 Å². The summed E-state index contributed by atoms with van der Waals surface area (Å²) in [4.78, 5) is 13.4. The van der Waals surface area contributed by atoms with Crippen molar-refractivity contribution >= 4 is 33.2 Å². The number of carbonyl (C=O) groups excluding carboxylic acids is 1. The lowest BCUT2D eigenvalue weighted by Gasteiger charge is -2.26. The summed E-state index contributed by atoms with van der Waals surface area (Å²) in [6, 6.07) is 33.1. The maximum Gasteiger partial charge on any atom is 0.264 e. The van der Waals surface area contributed by atoms with Crippen molar-refractivity contribution in [3.05, 3.63) is 131 Å². The number of rotatable bonds is 8. The molecule has 0 saturated carbocycles. The van der Waals surface area contributed by atoms with Crippen molar-refractivity contribution < 1.29 is 13.2 Å². The van der Waals surface area contributed by atoms with Gasteiger partial charge in [0.15, 0.2) is 0 Å². The largest absolute Gasteiger partial charge is 0.344 e. The number of benzene rings is 4. The molecule has 1 N–H and O–H groups in total. The van der Waals surface area contributed by atoms with Gasteiger partial charge in [0.1, 0.15) is 6.54 Å². The Morgan fingerprint density at radius 2 is 1.29 bits per heavy atom. The van der Waals surface area contributed by atoms with Crippen molar-refractivity contribution in [1.29, 1.82) is 0 Å². The van der Waals surface area contributed by atoms with Crippen LogP contribution in [0.1, 0.15) is 17.2 Å². The van der Waals surface area contributed by atoms with Crippen molar-refractivity contribution in [1.82, 2.24) is 5.32 Å². The molecule has 0 heterocycles. The lowest BCUT2D eigenvalue weighted by Crippen LogP contribution is -2.42. The smallest absolute Gasteiger partial charge is 0.264 e. The van der Waals surface area contributed by atoms with Crippen molar-refractivity contribution in [2.45, 2.75) is 10.9 Å². The summed E-state index contributed by atoms with van der Waals surface area (Å²) in [5.74, 6) is -0.447. The number of hydrogen-bond donors (Lipinski definition) is 1. The second-order valence-corrected chi connectivity index (χ2v) is 9.93. The van der Waals surface area contributed by atoms with E-state index in [1.807, 2.05) is 60.7 Å². The summed E-state index contributed by atoms with van der Waals surface area (Å²) in [6.45, 7) is -0.409. The molecule has 1 amide bonds. The van der Waals surface area contributed by atoms with Gasteiger partial charge in [0.25, 0.3) is 10.0 Å². The highest BCUT2D eigenvalue weighted by molar-refractivity contribution is 7.92. The zero-order chi connectivity index (χ0) is 24.0. The van der Waals surface area contributed by atoms with E-state index < -0.39 is 28.5 Å². The fourth-order valence-electron chi connectivity index (χ4n) is 3.65. The molecule has 0 bridgehead atoms. The number of anilines is 1. The van der Waals surface area contributed by atoms with Gasteiger partial charge in [0.2, 0.25) is 5.91 Å². The van der Waals surface area contributed by atoms with Crippen LogP contribution in [0.2, 0.25) is 5.02 Å². The number of carbonyl (C=O) groups is 1. The third-order valence-corrected chi connectivity index (χ3v) is 7.31. The van der Waals surface area contributed by atoms with Gasteiger partial charge in [-0.05, 0) is 41.5 Å². The van der Waals surface area contributed by atoms with Gasteiger partial charge < -0.3 is 5.32 Å². The predicted molar refractivity (Wildman–Crippen MR) is 135 cm³/mol. The van der Waals surface area contributed by atoms with Crippen LogP contribution in [0, 0.1) is 0 Å². The van der Waals surface area contributed by atoms with Gasteiger partial charge in [0.05, 0.1) is 16.6 Å². The van der Waals surface area contributed by atoms with Crippen LogP contribution >= 0.6 is 11.6 Å². The Kier molecular flexibility index (Phi) is 7.30. The third-order valence-electron chi connectivity index (χ3n) is 5.29. The lowest BCUT2D eigenvalue weighted by atomic mass is 9.99. The van der Waals surface area contributed by atoms with E-state index in [0.717, 1.165) is 15.4 Å². The average Bonchev–Trinajstić information content (AvgIpc) is 2.87. The zero-order valence-corrected chi connectivity index (χ0v) is 19.8. The van der Waals surface area contributed by atoms with Crippen LogP contribution in [0.15, 0.2) is 120 Å². The molecule has 34 heavy (non-hydrogen) atoms. The lowest BCUT2D eigenvalue weighted by molar-refractivity contribution is -0.120. The number of nitrogens with zero attached hydrogens (tertiary/aromatic N) is 1. The average molecular weight is 491 g/mol. The quantitative estimate of drug-likeness (QED) is 0.357. The molecule has 5 nitrogen and oxygen atoms in total. The molecule has 0 fully saturated rings. The van der Waals surface area contributed by atoms with Crippen molar-refractivity contribution in [3.63, 3.8) is 0 Å². The van der Waals surface area contributed by atoms with Crippen LogP contribution in [0.3, 0.4) is 0 Å². The zero-order valence-electron chi connectivity index (χ0n) is 18.2. The van der Waals surface area contributed by atoms with E-state index in [0.29, 0.717) is 10.7 Å². The first kappa shape index (κ1) is 23.5. The van der Waals surface area contributed by atoms with E-state index in [1.54, 1.807) is 36.4 Å². The van der Waals surface area contributed by atoms with Gasteiger partial charge in [-0.25, -0.2) is 8.42 Å². The third kappa shape index (κ3) is 5.47. The second kappa shape index (κ2) is 10.5. The normalized spacial score (nSPS) is 11.2. The van der Waals surface area contributed by atoms with E-state index in [1.165, 1.54) is 18.2 Å². The molecular formula is C27H23ClN2O3S. The minimum atomic E-state index is -4.02. The molecule has 4 rings (SSSR count). The van der Waals surface area contributed by atoms with Crippen LogP contribution in [0.25, 0.3) is 0 Å². The first-order valence-electron chi connectivity index (χ1n) is 10.7. The highest BCUT2D eigenvalue weighted by Crippen LogP contribution is 2.27. The van der Waals surface area contributed by atoms with Crippen molar-refractivity contribution in [3.8, 4) is 0 Å². The summed E-state index contributed by atoms with van der Waals surface area (Å²) < 4.78 is 28.1. The monoisotopic (exact) mass is 490 g/mol. The Labute approximate surface area is 204 Å². The molecule has 0 atom stereocenters. The van der Waals surface area contributed by atoms with E-state index in [9.17, 15) is 13.2 Å². The van der Waals surface area contributed by atoms with E-state index in [4.69, 9.17) is 11.6 Å². The number of nitrogens with one attached hydrogen (secondary N) is 1. The molecule has 0 radical (unpaired) electrons. The molecule has 0 spiro atoms. The number of sulfonamides is 1. The molecule has 4 aromatic rings. The fourth-order valence-corrected chi connectivity index (χ4v) is 5.27. The molecule has 0 aromatic heterocycles. The Bertz CT molecular complexity index is 1310. The van der Waals surface area contributed by atoms with Crippen LogP contribution in [-0.4, -0.2) is 20.9 Å². The van der Waals surface area contributed by atoms with Gasteiger partial charge in [-0.15, -0.1) is 0 Å². The number of amides is 1. The molecule has 0 saturated heterocycles. The molecule has 0 aliphatic heterocycles. The Morgan fingerprint density at radius 1 is 0.765 bits per heavy atom. The summed E-state index contributed by atoms with van der Waals surface area (Å²) in [6.07, 6.45) is 0. The van der Waals surface area contributed by atoms with Crippen molar-refractivity contribution in [2.24, 2.45) is 0 Å². The van der Waals surface area contributed by atoms with E-state index in [2.05, 4.69) is 5.32 Å². The Balaban J connectivity index is 1.67. The Morgan fingerprint density at radius 3 is 1.82 bits per heavy atom. The first-order valence-corrected chi connectivity index (χ1v) is 12.5. The van der Waals surface area contributed by atoms with Crippen LogP contribution in [0.4, 0.5) is 5.69 Å². The molecule has 4 aromatic carbocycles. The first-order chi connectivity index (χ1) is 16.4. The molecule has 172 valence electrons. The van der Waals surface area contributed by atoms with Crippen LogP contribution < -0.4 is 9.62 Å². The summed E-state index contributed by atoms with van der Waals surface area (Å²) in [5, 5.41) is 3.38. The predicted octanol–water partition coefficient (Wildman–Crippen LogP) is 5.44. The molecule has 0 aliphatic rings. The Hall–Kier alpha value is -3.61. The SMILES string of the molecule is O=C(CN(c1cccc(Cl)c1)S(=O)(=O)c1ccccc1)NC(c1ccccc1)c1ccccc1. The van der Waals surface area contributed by atoms with Gasteiger partial charge in [-0.3, -0.25) is 9.10 Å². The van der Waals surface area contributed by atoms with Gasteiger partial charge >= 0.3 is 0 Å². The molecule has 7 heteroatoms. The highest BCUT2D eigenvalue weighted by atomic mass is 35.5. The molecular weight excluding hydrogens is 468 g/mol. The minimum absolute atomic E-state index is 0.0884. The van der Waals surface area contributed by atoms with Crippen molar-refractivity contribution in [2.75, 3.05) is 10.8 Å². The maximum absolute atomic E-state index is 13.5. The minimum Gasteiger partial charge on any atom is -0.344 e. The van der Waals surface area contributed by atoms with Gasteiger partial charge in [0, 0.05) is 5.02 Å². The topological polar surface area (TPSA) is 66.5 Å². The fraction of sp³-hybridized carbons (Fsp3) is 0.0741. The second-order valence-electron chi connectivity index (χ2n) is 7.63. The van der Waals surface area contributed by atoms with Crippen LogP contribution in [-0.2, 0) is 14.8 Å². The van der Waals surface area contributed by atoms with Crippen LogP contribution in [0.5, 0.6) is 0 Å². The standard InChI is InChI=1S/C27H23ClN2O3S/c28-23-15-10-16-24(19-23)30(34(32,33)25-17-8-3-9-18-25)20-26(31)29-27(21-11-4-1-5-12-21)22-13-6-2-7-14-22/h1-19,27H,20H2,(H,29,31). The van der Waals surface area contributed by atoms with Gasteiger partial charge in [-0.2, -0.15) is 0 Å². The molecule has 0 aliphatic carbocycles. The highest BCUT2D eigenvalue weighted by Gasteiger charge is 2.28. The van der Waals surface area contributed by atoms with Gasteiger partial charge in [-0.1, -0.05) is 96.5 Å². The van der Waals surface area contributed by atoms with E-state index in [-0.39, 0.29) is 4.90 Å². The maximum atomic E-state index is 13.5. The summed E-state index contributed by atoms with van der Waals surface area (Å²) in [5.41, 5.74) is 2.09.